The minimum absolute atomic E-state index is 0.0896. The monoisotopic (exact) mass is 411 g/mol. The van der Waals surface area contributed by atoms with E-state index in [1.165, 1.54) is 16.9 Å². The molecule has 0 atom stereocenters. The molecule has 1 aromatic carbocycles. The van der Waals surface area contributed by atoms with Gasteiger partial charge in [-0.25, -0.2) is 0 Å². The Labute approximate surface area is 176 Å². The SMILES string of the molecule is O=C(Nc1ccc(C(=O)N2CCCN(CCCc3ccccc3)CC2)s1)C1CC1. The van der Waals surface area contributed by atoms with Crippen molar-refractivity contribution in [1.82, 2.24) is 9.80 Å². The number of nitrogens with one attached hydrogen (secondary N) is 1. The van der Waals surface area contributed by atoms with Gasteiger partial charge < -0.3 is 15.1 Å². The van der Waals surface area contributed by atoms with Crippen molar-refractivity contribution in [2.45, 2.75) is 32.1 Å². The normalized spacial score (nSPS) is 17.7. The number of carbonyl (C=O) groups is 2. The van der Waals surface area contributed by atoms with Gasteiger partial charge in [-0.15, -0.1) is 11.3 Å². The fourth-order valence-electron chi connectivity index (χ4n) is 3.79. The highest BCUT2D eigenvalue weighted by molar-refractivity contribution is 7.18. The van der Waals surface area contributed by atoms with E-state index < -0.39 is 0 Å². The van der Waals surface area contributed by atoms with Gasteiger partial charge in [-0.2, -0.15) is 0 Å². The molecular formula is C23H29N3O2S. The molecule has 2 heterocycles. The first-order valence-corrected chi connectivity index (χ1v) is 11.5. The number of hydrogen-bond donors (Lipinski definition) is 1. The van der Waals surface area contributed by atoms with Gasteiger partial charge in [0.2, 0.25) is 5.91 Å². The summed E-state index contributed by atoms with van der Waals surface area (Å²) in [6.45, 7) is 4.62. The lowest BCUT2D eigenvalue weighted by Gasteiger charge is -2.21. The van der Waals surface area contributed by atoms with E-state index in [9.17, 15) is 9.59 Å². The Bertz CT molecular complexity index is 832. The summed E-state index contributed by atoms with van der Waals surface area (Å²) < 4.78 is 0. The van der Waals surface area contributed by atoms with E-state index in [2.05, 4.69) is 40.5 Å². The van der Waals surface area contributed by atoms with Crippen LogP contribution in [0.2, 0.25) is 0 Å². The van der Waals surface area contributed by atoms with Crippen LogP contribution in [0, 0.1) is 5.92 Å². The van der Waals surface area contributed by atoms with Gasteiger partial charge in [0.05, 0.1) is 9.88 Å². The summed E-state index contributed by atoms with van der Waals surface area (Å²) in [7, 11) is 0. The molecule has 2 aromatic rings. The molecule has 1 N–H and O–H groups in total. The van der Waals surface area contributed by atoms with Crippen LogP contribution in [0.5, 0.6) is 0 Å². The highest BCUT2D eigenvalue weighted by atomic mass is 32.1. The summed E-state index contributed by atoms with van der Waals surface area (Å²) >= 11 is 1.39. The minimum Gasteiger partial charge on any atom is -0.337 e. The Kier molecular flexibility index (Phi) is 6.62. The van der Waals surface area contributed by atoms with E-state index in [1.807, 2.05) is 17.0 Å². The molecule has 0 unspecified atom stereocenters. The number of benzene rings is 1. The number of rotatable bonds is 7. The van der Waals surface area contributed by atoms with Crippen LogP contribution in [-0.2, 0) is 11.2 Å². The van der Waals surface area contributed by atoms with Crippen molar-refractivity contribution in [1.29, 1.82) is 0 Å². The van der Waals surface area contributed by atoms with Crippen molar-refractivity contribution in [3.05, 3.63) is 52.9 Å². The molecule has 2 aliphatic rings. The van der Waals surface area contributed by atoms with Gasteiger partial charge in [-0.05, 0) is 62.9 Å². The number of amides is 2. The number of aryl methyl sites for hydroxylation is 1. The topological polar surface area (TPSA) is 52.7 Å². The summed E-state index contributed by atoms with van der Waals surface area (Å²) in [4.78, 5) is 30.0. The number of anilines is 1. The summed E-state index contributed by atoms with van der Waals surface area (Å²) in [6, 6.07) is 14.3. The van der Waals surface area contributed by atoms with Gasteiger partial charge in [-0.1, -0.05) is 30.3 Å². The van der Waals surface area contributed by atoms with E-state index in [1.54, 1.807) is 0 Å². The van der Waals surface area contributed by atoms with Crippen LogP contribution >= 0.6 is 11.3 Å². The predicted octanol–water partition coefficient (Wildman–Crippen LogP) is 3.88. The average molecular weight is 412 g/mol. The van der Waals surface area contributed by atoms with Gasteiger partial charge in [0.15, 0.2) is 0 Å². The fraction of sp³-hybridized carbons (Fsp3) is 0.478. The molecular weight excluding hydrogens is 382 g/mol. The number of carbonyl (C=O) groups excluding carboxylic acids is 2. The van der Waals surface area contributed by atoms with Crippen molar-refractivity contribution < 1.29 is 9.59 Å². The molecule has 1 aliphatic carbocycles. The van der Waals surface area contributed by atoms with Crippen LogP contribution in [0.4, 0.5) is 5.00 Å². The Morgan fingerprint density at radius 2 is 1.83 bits per heavy atom. The third kappa shape index (κ3) is 5.67. The molecule has 1 aliphatic heterocycles. The molecule has 1 saturated carbocycles. The highest BCUT2D eigenvalue weighted by Gasteiger charge is 2.30. The molecule has 4 rings (SSSR count). The van der Waals surface area contributed by atoms with Crippen LogP contribution in [0.3, 0.4) is 0 Å². The van der Waals surface area contributed by atoms with Crippen molar-refractivity contribution in [2.75, 3.05) is 38.0 Å². The molecule has 1 aromatic heterocycles. The maximum absolute atomic E-state index is 12.9. The third-order valence-corrected chi connectivity index (χ3v) is 6.66. The Morgan fingerprint density at radius 1 is 1.00 bits per heavy atom. The van der Waals surface area contributed by atoms with E-state index in [4.69, 9.17) is 0 Å². The van der Waals surface area contributed by atoms with Crippen LogP contribution < -0.4 is 5.32 Å². The van der Waals surface area contributed by atoms with Crippen molar-refractivity contribution in [2.24, 2.45) is 5.92 Å². The molecule has 6 heteroatoms. The smallest absolute Gasteiger partial charge is 0.264 e. The highest BCUT2D eigenvalue weighted by Crippen LogP contribution is 2.32. The summed E-state index contributed by atoms with van der Waals surface area (Å²) in [5, 5.41) is 3.72. The summed E-state index contributed by atoms with van der Waals surface area (Å²) in [6.07, 6.45) is 5.22. The number of hydrogen-bond acceptors (Lipinski definition) is 4. The molecule has 5 nitrogen and oxygen atoms in total. The van der Waals surface area contributed by atoms with Crippen LogP contribution in [-0.4, -0.2) is 54.3 Å². The lowest BCUT2D eigenvalue weighted by molar-refractivity contribution is -0.117. The second kappa shape index (κ2) is 9.55. The maximum atomic E-state index is 12.9. The Morgan fingerprint density at radius 3 is 2.62 bits per heavy atom. The molecule has 29 heavy (non-hydrogen) atoms. The zero-order valence-corrected chi connectivity index (χ0v) is 17.6. The zero-order chi connectivity index (χ0) is 20.1. The second-order valence-electron chi connectivity index (χ2n) is 8.00. The first-order chi connectivity index (χ1) is 14.2. The van der Waals surface area contributed by atoms with Gasteiger partial charge in [0, 0.05) is 25.6 Å². The van der Waals surface area contributed by atoms with E-state index in [0.29, 0.717) is 4.88 Å². The Hall–Kier alpha value is -2.18. The van der Waals surface area contributed by atoms with Crippen molar-refractivity contribution in [3.8, 4) is 0 Å². The van der Waals surface area contributed by atoms with Crippen molar-refractivity contribution in [3.63, 3.8) is 0 Å². The fourth-order valence-corrected chi connectivity index (χ4v) is 4.67. The summed E-state index contributed by atoms with van der Waals surface area (Å²) in [5.74, 6) is 0.356. The standard InChI is InChI=1S/C23H29N3O2S/c27-22(19-9-10-19)24-21-12-11-20(29-21)23(28)26-15-5-14-25(16-17-26)13-4-8-18-6-2-1-3-7-18/h1-3,6-7,11-12,19H,4-5,8-10,13-17H2,(H,24,27). The lowest BCUT2D eigenvalue weighted by Crippen LogP contribution is -2.35. The number of thiophene rings is 1. The summed E-state index contributed by atoms with van der Waals surface area (Å²) in [5.41, 5.74) is 1.39. The average Bonchev–Trinajstić information content (AvgIpc) is 3.53. The quantitative estimate of drug-likeness (QED) is 0.752. The van der Waals surface area contributed by atoms with E-state index in [0.717, 1.165) is 69.8 Å². The Balaban J connectivity index is 1.24. The van der Waals surface area contributed by atoms with Crippen LogP contribution in [0.15, 0.2) is 42.5 Å². The van der Waals surface area contributed by atoms with Gasteiger partial charge in [-0.3, -0.25) is 9.59 Å². The largest absolute Gasteiger partial charge is 0.337 e. The molecule has 1 saturated heterocycles. The van der Waals surface area contributed by atoms with Crippen LogP contribution in [0.25, 0.3) is 0 Å². The molecule has 2 fully saturated rings. The van der Waals surface area contributed by atoms with Crippen LogP contribution in [0.1, 0.15) is 40.9 Å². The third-order valence-electron chi connectivity index (χ3n) is 5.67. The first-order valence-electron chi connectivity index (χ1n) is 10.7. The van der Waals surface area contributed by atoms with Gasteiger partial charge in [0.1, 0.15) is 0 Å². The molecule has 0 bridgehead atoms. The molecule has 2 amide bonds. The molecule has 154 valence electrons. The zero-order valence-electron chi connectivity index (χ0n) is 16.8. The van der Waals surface area contributed by atoms with E-state index in [-0.39, 0.29) is 17.7 Å². The lowest BCUT2D eigenvalue weighted by atomic mass is 10.1. The second-order valence-corrected chi connectivity index (χ2v) is 9.09. The van der Waals surface area contributed by atoms with Gasteiger partial charge >= 0.3 is 0 Å². The number of nitrogens with zero attached hydrogens (tertiary/aromatic N) is 2. The molecule has 0 radical (unpaired) electrons. The van der Waals surface area contributed by atoms with E-state index >= 15 is 0 Å². The maximum Gasteiger partial charge on any atom is 0.264 e. The first kappa shape index (κ1) is 20.1. The van der Waals surface area contributed by atoms with Gasteiger partial charge in [0.25, 0.3) is 5.91 Å². The van der Waals surface area contributed by atoms with Crippen molar-refractivity contribution >= 4 is 28.2 Å². The molecule has 0 spiro atoms. The predicted molar refractivity (Wildman–Crippen MR) is 117 cm³/mol. The minimum atomic E-state index is 0.0896.